The van der Waals surface area contributed by atoms with Gasteiger partial charge in [-0.1, -0.05) is 0 Å². The van der Waals surface area contributed by atoms with Crippen LogP contribution < -0.4 is 20.7 Å². The first-order valence-corrected chi connectivity index (χ1v) is 22.9. The molecule has 11 nitrogen and oxygen atoms in total. The Morgan fingerprint density at radius 2 is 1.31 bits per heavy atom. The number of benzene rings is 5. The van der Waals surface area contributed by atoms with Crippen molar-refractivity contribution in [2.75, 3.05) is 20.8 Å². The van der Waals surface area contributed by atoms with Crippen LogP contribution in [0.5, 0.6) is 11.5 Å². The monoisotopic (exact) mass is 834 g/mol. The maximum atomic E-state index is 13.3. The number of nitrogens with one attached hydrogen (secondary N) is 1. The summed E-state index contributed by atoms with van der Waals surface area (Å²) in [5.74, 6) is 1.38. The van der Waals surface area contributed by atoms with Gasteiger partial charge in [-0.3, -0.25) is 0 Å². The van der Waals surface area contributed by atoms with Crippen molar-refractivity contribution < 1.29 is 32.9 Å². The van der Waals surface area contributed by atoms with Gasteiger partial charge in [0.25, 0.3) is 0 Å². The van der Waals surface area contributed by atoms with E-state index < -0.39 is 48.5 Å². The number of aromatic nitrogens is 2. The zero-order chi connectivity index (χ0) is 41.0. The number of aryl methyl sites for hydroxylation is 1. The summed E-state index contributed by atoms with van der Waals surface area (Å²) < 4.78 is 39.9. The molecule has 6 aromatic rings. The Balaban J connectivity index is 1.19. The molecule has 0 radical (unpaired) electrons. The van der Waals surface area contributed by atoms with E-state index in [1.807, 2.05) is 127 Å². The molecule has 0 bridgehead atoms. The summed E-state index contributed by atoms with van der Waals surface area (Å²) in [6, 6.07) is 45.3. The van der Waals surface area contributed by atoms with Crippen molar-refractivity contribution in [2.45, 2.75) is 55.2 Å². The summed E-state index contributed by atoms with van der Waals surface area (Å²) in [6.07, 6.45) is -0.624. The molecule has 59 heavy (non-hydrogen) atoms. The van der Waals surface area contributed by atoms with Gasteiger partial charge < -0.3 is 0 Å². The van der Waals surface area contributed by atoms with Crippen molar-refractivity contribution in [3.05, 3.63) is 200 Å². The van der Waals surface area contributed by atoms with Gasteiger partial charge in [0.1, 0.15) is 0 Å². The Hall–Kier alpha value is -5.04. The van der Waals surface area contributed by atoms with Gasteiger partial charge in [0.2, 0.25) is 0 Å². The number of hydrogen-bond acceptors (Lipinski definition) is 10. The molecule has 0 saturated carbocycles. The first-order valence-electron chi connectivity index (χ1n) is 19.5. The predicted molar refractivity (Wildman–Crippen MR) is 230 cm³/mol. The number of methoxy groups -OCH3 is 2. The summed E-state index contributed by atoms with van der Waals surface area (Å²) in [4.78, 5) is 40.7. The predicted octanol–water partition coefficient (Wildman–Crippen LogP) is 8.58. The van der Waals surface area contributed by atoms with Gasteiger partial charge in [0.05, 0.1) is 0 Å². The number of aromatic amines is 1. The van der Waals surface area contributed by atoms with Crippen molar-refractivity contribution >= 4 is 18.5 Å². The normalized spacial score (nSPS) is 22.1. The average molecular weight is 835 g/mol. The third-order valence-corrected chi connectivity index (χ3v) is 15.5. The molecule has 2 aliphatic rings. The van der Waals surface area contributed by atoms with E-state index in [-0.39, 0.29) is 18.3 Å². The molecular formula is C46H47N2O9PS. The van der Waals surface area contributed by atoms with Crippen molar-refractivity contribution in [1.29, 1.82) is 0 Å². The number of nitrogens with zero attached hydrogens (tertiary/aromatic N) is 1. The van der Waals surface area contributed by atoms with Crippen LogP contribution in [-0.2, 0) is 24.1 Å². The SMILES string of the molecule is COc1ccc(C(OC[C@H]2O[C@@H](n3cc(C)c(=O)[nH]c3=O)C[C@@H]2O[PH]2(O)O[C@@H](c3ccccc3)C[C@H](c3ccccc3)S2)(c2ccccc2)c2ccc(OC)cc2)cc1. The Bertz CT molecular complexity index is 2340. The Morgan fingerprint density at radius 1 is 0.763 bits per heavy atom. The van der Waals surface area contributed by atoms with E-state index in [0.717, 1.165) is 27.8 Å². The van der Waals surface area contributed by atoms with Crippen molar-refractivity contribution in [1.82, 2.24) is 9.55 Å². The number of ether oxygens (including phenoxy) is 4. The fourth-order valence-corrected chi connectivity index (χ4v) is 13.0. The molecule has 0 aliphatic carbocycles. The van der Waals surface area contributed by atoms with Gasteiger partial charge in [-0.25, -0.2) is 0 Å². The second-order valence-electron chi connectivity index (χ2n) is 14.6. The number of hydrogen-bond donors (Lipinski definition) is 2. The molecule has 5 atom stereocenters. The van der Waals surface area contributed by atoms with Crippen LogP contribution in [-0.4, -0.2) is 47.5 Å². The van der Waals surface area contributed by atoms with Gasteiger partial charge in [0.15, 0.2) is 0 Å². The van der Waals surface area contributed by atoms with Crippen LogP contribution in [0.3, 0.4) is 0 Å². The van der Waals surface area contributed by atoms with Gasteiger partial charge in [-0.05, 0) is 0 Å². The van der Waals surface area contributed by atoms with E-state index in [9.17, 15) is 14.5 Å². The minimum atomic E-state index is -4.08. The quantitative estimate of drug-likeness (QED) is 0.0862. The Labute approximate surface area is 347 Å². The van der Waals surface area contributed by atoms with Crippen LogP contribution in [0.25, 0.3) is 0 Å². The molecule has 5 aromatic carbocycles. The van der Waals surface area contributed by atoms with E-state index in [2.05, 4.69) is 17.1 Å². The molecule has 2 N–H and O–H groups in total. The zero-order valence-corrected chi connectivity index (χ0v) is 34.7. The van der Waals surface area contributed by atoms with Crippen LogP contribution in [0, 0.1) is 6.92 Å². The third-order valence-electron chi connectivity index (χ3n) is 10.9. The zero-order valence-electron chi connectivity index (χ0n) is 32.9. The van der Waals surface area contributed by atoms with Crippen LogP contribution in [0.2, 0.25) is 0 Å². The van der Waals surface area contributed by atoms with Crippen LogP contribution in [0.1, 0.15) is 63.8 Å². The van der Waals surface area contributed by atoms with Crippen molar-refractivity contribution in [2.24, 2.45) is 0 Å². The number of rotatable bonds is 13. The summed E-state index contributed by atoms with van der Waals surface area (Å²) in [5, 5.41) is -0.125. The maximum absolute atomic E-state index is 13.3. The summed E-state index contributed by atoms with van der Waals surface area (Å²) in [6.45, 7) is 1.59. The van der Waals surface area contributed by atoms with Gasteiger partial charge in [-0.15, -0.1) is 0 Å². The van der Waals surface area contributed by atoms with Crippen molar-refractivity contribution in [3.8, 4) is 11.5 Å². The van der Waals surface area contributed by atoms with E-state index in [1.165, 1.54) is 22.1 Å². The van der Waals surface area contributed by atoms with Gasteiger partial charge in [0, 0.05) is 0 Å². The minimum absolute atomic E-state index is 0.0371. The second kappa shape index (κ2) is 17.7. The first kappa shape index (κ1) is 40.7. The fourth-order valence-electron chi connectivity index (χ4n) is 7.90. The second-order valence-corrected chi connectivity index (χ2v) is 19.2. The van der Waals surface area contributed by atoms with Crippen molar-refractivity contribution in [3.63, 3.8) is 0 Å². The summed E-state index contributed by atoms with van der Waals surface area (Å²) in [5.41, 5.74) is 2.56. The third kappa shape index (κ3) is 8.67. The van der Waals surface area contributed by atoms with E-state index in [4.69, 9.17) is 28.0 Å². The van der Waals surface area contributed by atoms with Crippen LogP contribution in [0.4, 0.5) is 0 Å². The number of H-pyrrole nitrogens is 1. The Morgan fingerprint density at radius 3 is 1.88 bits per heavy atom. The van der Waals surface area contributed by atoms with E-state index in [0.29, 0.717) is 23.5 Å². The van der Waals surface area contributed by atoms with E-state index in [1.54, 1.807) is 21.1 Å². The molecule has 0 amide bonds. The molecule has 0 spiro atoms. The molecule has 2 fully saturated rings. The van der Waals surface area contributed by atoms with Gasteiger partial charge >= 0.3 is 348 Å². The molecule has 8 rings (SSSR count). The van der Waals surface area contributed by atoms with E-state index >= 15 is 0 Å². The summed E-state index contributed by atoms with van der Waals surface area (Å²) >= 11 is 1.31. The molecule has 0 unspecified atom stereocenters. The molecule has 2 saturated heterocycles. The molecular weight excluding hydrogens is 788 g/mol. The molecule has 3 heterocycles. The van der Waals surface area contributed by atoms with Gasteiger partial charge in [-0.2, -0.15) is 0 Å². The first-order chi connectivity index (χ1) is 28.7. The average Bonchev–Trinajstić information content (AvgIpc) is 3.67. The standard InChI is InChI=1S/C46H47N2O9PS/c1-31-29-48(45(50)47-44(31)49)43-28-40(57-58(51)56-39(32-13-7-4-8-14-32)27-42(59-58)33-15-9-5-10-16-33)41(55-43)30-54-46(34-17-11-6-12-18-34,35-19-23-37(52-2)24-20-35)36-21-25-38(53-3)26-22-36/h4-26,29,39-43,51,58H,27-28,30H2,1-3H3,(H,47,49,50)/t39-,40+,41-,42-,43-/m1/s1. The van der Waals surface area contributed by atoms with Crippen LogP contribution >= 0.6 is 18.5 Å². The molecule has 1 aromatic heterocycles. The molecule has 306 valence electrons. The fraction of sp³-hybridized carbons (Fsp3) is 0.261. The Kier molecular flexibility index (Phi) is 12.2. The van der Waals surface area contributed by atoms with Crippen LogP contribution in [0.15, 0.2) is 155 Å². The molecule has 2 aliphatic heterocycles. The topological polar surface area (TPSA) is 130 Å². The molecule has 13 heteroatoms. The summed E-state index contributed by atoms with van der Waals surface area (Å²) in [7, 11) is -0.832.